The largest absolute Gasteiger partial charge is 0.337 e. The van der Waals surface area contributed by atoms with Crippen molar-refractivity contribution in [1.82, 2.24) is 25.2 Å². The summed E-state index contributed by atoms with van der Waals surface area (Å²) in [4.78, 5) is 14.6. The summed E-state index contributed by atoms with van der Waals surface area (Å²) >= 11 is 0. The molecule has 8 heteroatoms. The highest BCUT2D eigenvalue weighted by atomic mass is 35.5. The number of hydrogen-bond donors (Lipinski definition) is 1. The smallest absolute Gasteiger partial charge is 0.276 e. The van der Waals surface area contributed by atoms with Crippen LogP contribution in [0.25, 0.3) is 0 Å². The van der Waals surface area contributed by atoms with E-state index in [9.17, 15) is 9.18 Å². The number of nitrogens with zero attached hydrogens (tertiary/aromatic N) is 4. The van der Waals surface area contributed by atoms with Crippen molar-refractivity contribution in [2.75, 3.05) is 26.2 Å². The molecule has 0 unspecified atom stereocenters. The number of piperidine rings is 1. The van der Waals surface area contributed by atoms with Crippen LogP contribution in [0.5, 0.6) is 0 Å². The quantitative estimate of drug-likeness (QED) is 0.783. The van der Waals surface area contributed by atoms with Crippen molar-refractivity contribution in [3.63, 3.8) is 0 Å². The van der Waals surface area contributed by atoms with E-state index in [0.29, 0.717) is 31.2 Å². The molecule has 0 bridgehead atoms. The number of carbonyl (C=O) groups excluding carboxylic acids is 1. The first-order valence-corrected chi connectivity index (χ1v) is 9.33. The molecule has 148 valence electrons. The third-order valence-electron chi connectivity index (χ3n) is 4.75. The Morgan fingerprint density at radius 1 is 1.33 bits per heavy atom. The second kappa shape index (κ2) is 10.4. The van der Waals surface area contributed by atoms with E-state index in [1.165, 1.54) is 12.1 Å². The highest BCUT2D eigenvalue weighted by molar-refractivity contribution is 5.91. The summed E-state index contributed by atoms with van der Waals surface area (Å²) in [6.45, 7) is 5.14. The maximum absolute atomic E-state index is 13.3. The van der Waals surface area contributed by atoms with Crippen LogP contribution in [0.2, 0.25) is 0 Å². The topological polar surface area (TPSA) is 63.1 Å². The number of halogens is 2. The van der Waals surface area contributed by atoms with E-state index in [-0.39, 0.29) is 24.1 Å². The van der Waals surface area contributed by atoms with Crippen molar-refractivity contribution in [2.45, 2.75) is 38.6 Å². The molecule has 1 aliphatic heterocycles. The third kappa shape index (κ3) is 5.74. The molecule has 1 aliphatic rings. The van der Waals surface area contributed by atoms with Crippen LogP contribution in [0.3, 0.4) is 0 Å². The van der Waals surface area contributed by atoms with Gasteiger partial charge in [-0.25, -0.2) is 9.07 Å². The molecule has 1 aromatic carbocycles. The lowest BCUT2D eigenvalue weighted by atomic mass is 10.1. The molecule has 0 aliphatic carbocycles. The molecule has 0 radical (unpaired) electrons. The Kier molecular flexibility index (Phi) is 8.19. The van der Waals surface area contributed by atoms with E-state index in [4.69, 9.17) is 0 Å². The molecule has 1 N–H and O–H groups in total. The Morgan fingerprint density at radius 2 is 2.11 bits per heavy atom. The summed E-state index contributed by atoms with van der Waals surface area (Å²) in [5.74, 6) is -0.357. The van der Waals surface area contributed by atoms with Gasteiger partial charge in [0, 0.05) is 13.1 Å². The average molecular weight is 396 g/mol. The zero-order valence-corrected chi connectivity index (χ0v) is 16.4. The van der Waals surface area contributed by atoms with Crippen molar-refractivity contribution in [3.8, 4) is 0 Å². The monoisotopic (exact) mass is 395 g/mol. The van der Waals surface area contributed by atoms with Crippen molar-refractivity contribution < 1.29 is 9.18 Å². The molecule has 6 nitrogen and oxygen atoms in total. The number of amides is 1. The molecule has 1 aromatic heterocycles. The van der Waals surface area contributed by atoms with Crippen LogP contribution >= 0.6 is 12.4 Å². The van der Waals surface area contributed by atoms with Gasteiger partial charge in [0.15, 0.2) is 5.69 Å². The van der Waals surface area contributed by atoms with Crippen LogP contribution in [-0.2, 0) is 6.42 Å². The lowest BCUT2D eigenvalue weighted by Crippen LogP contribution is -2.34. The van der Waals surface area contributed by atoms with Gasteiger partial charge in [0.05, 0.1) is 12.2 Å². The predicted molar refractivity (Wildman–Crippen MR) is 105 cm³/mol. The van der Waals surface area contributed by atoms with Gasteiger partial charge in [-0.2, -0.15) is 0 Å². The molecule has 2 heterocycles. The lowest BCUT2D eigenvalue weighted by molar-refractivity contribution is 0.0751. The van der Waals surface area contributed by atoms with E-state index in [0.717, 1.165) is 37.9 Å². The third-order valence-corrected chi connectivity index (χ3v) is 4.75. The minimum atomic E-state index is -0.249. The molecule has 0 saturated carbocycles. The van der Waals surface area contributed by atoms with Gasteiger partial charge in [0.2, 0.25) is 0 Å². The molecule has 27 heavy (non-hydrogen) atoms. The fourth-order valence-electron chi connectivity index (χ4n) is 3.33. The normalized spacial score (nSPS) is 14.6. The first-order chi connectivity index (χ1) is 12.7. The second-order valence-electron chi connectivity index (χ2n) is 6.74. The first-order valence-electron chi connectivity index (χ1n) is 9.33. The van der Waals surface area contributed by atoms with Gasteiger partial charge in [0.1, 0.15) is 5.82 Å². The fraction of sp³-hybridized carbons (Fsp3) is 0.526. The van der Waals surface area contributed by atoms with Gasteiger partial charge in [-0.05, 0) is 56.5 Å². The van der Waals surface area contributed by atoms with Crippen LogP contribution in [-0.4, -0.2) is 52.0 Å². The summed E-state index contributed by atoms with van der Waals surface area (Å²) in [5.41, 5.74) is 1.27. The second-order valence-corrected chi connectivity index (χ2v) is 6.74. The highest BCUT2D eigenvalue weighted by Crippen LogP contribution is 2.17. The van der Waals surface area contributed by atoms with E-state index >= 15 is 0 Å². The zero-order chi connectivity index (χ0) is 18.4. The minimum Gasteiger partial charge on any atom is -0.337 e. The van der Waals surface area contributed by atoms with E-state index < -0.39 is 0 Å². The van der Waals surface area contributed by atoms with Crippen molar-refractivity contribution >= 4 is 18.3 Å². The first kappa shape index (κ1) is 21.3. The molecule has 1 saturated heterocycles. The van der Waals surface area contributed by atoms with Crippen LogP contribution in [0.1, 0.15) is 48.3 Å². The van der Waals surface area contributed by atoms with Crippen LogP contribution in [0.4, 0.5) is 4.39 Å². The Bertz CT molecular complexity index is 732. The van der Waals surface area contributed by atoms with Crippen LogP contribution in [0, 0.1) is 5.82 Å². The van der Waals surface area contributed by atoms with Gasteiger partial charge in [-0.3, -0.25) is 4.79 Å². The van der Waals surface area contributed by atoms with Crippen LogP contribution < -0.4 is 5.32 Å². The van der Waals surface area contributed by atoms with Gasteiger partial charge in [-0.1, -0.05) is 24.3 Å². The van der Waals surface area contributed by atoms with Crippen LogP contribution in [0.15, 0.2) is 30.5 Å². The van der Waals surface area contributed by atoms with E-state index in [1.54, 1.807) is 17.2 Å². The minimum absolute atomic E-state index is 0. The zero-order valence-electron chi connectivity index (χ0n) is 15.6. The average Bonchev–Trinajstić information content (AvgIpc) is 3.15. The maximum Gasteiger partial charge on any atom is 0.276 e. The molecule has 0 atom stereocenters. The summed E-state index contributed by atoms with van der Waals surface area (Å²) in [6, 6.07) is 6.82. The number of carbonyl (C=O) groups is 1. The predicted octanol–water partition coefficient (Wildman–Crippen LogP) is 2.86. The molecule has 0 spiro atoms. The Labute approximate surface area is 165 Å². The fourth-order valence-corrected chi connectivity index (χ4v) is 3.33. The maximum atomic E-state index is 13.3. The number of benzene rings is 1. The Balaban J connectivity index is 0.00000261. The molecule has 2 aromatic rings. The van der Waals surface area contributed by atoms with Gasteiger partial charge >= 0.3 is 0 Å². The van der Waals surface area contributed by atoms with Gasteiger partial charge < -0.3 is 10.2 Å². The van der Waals surface area contributed by atoms with E-state index in [1.807, 2.05) is 17.7 Å². The van der Waals surface area contributed by atoms with Gasteiger partial charge in [0.25, 0.3) is 5.91 Å². The number of nitrogens with one attached hydrogen (secondary N) is 1. The molecular weight excluding hydrogens is 369 g/mol. The Hall–Kier alpha value is -1.99. The SMILES string of the molecule is CCCN(CCc1cccc(F)c1)C(=O)c1cn(C2CCNCC2)nn1.Cl. The highest BCUT2D eigenvalue weighted by Gasteiger charge is 2.22. The standard InChI is InChI=1S/C19H26FN5O.ClH/c1-2-11-24(12-8-15-4-3-5-16(20)13-15)19(26)18-14-25(23-22-18)17-6-9-21-10-7-17;/h3-5,13-14,17,21H,2,6-12H2,1H3;1H. The van der Waals surface area contributed by atoms with Crippen molar-refractivity contribution in [1.29, 1.82) is 0 Å². The van der Waals surface area contributed by atoms with Gasteiger partial charge in [-0.15, -0.1) is 17.5 Å². The van der Waals surface area contributed by atoms with Crippen molar-refractivity contribution in [3.05, 3.63) is 47.5 Å². The van der Waals surface area contributed by atoms with E-state index in [2.05, 4.69) is 15.6 Å². The van der Waals surface area contributed by atoms with Crippen molar-refractivity contribution in [2.24, 2.45) is 0 Å². The number of aromatic nitrogens is 3. The lowest BCUT2D eigenvalue weighted by Gasteiger charge is -2.22. The summed E-state index contributed by atoms with van der Waals surface area (Å²) in [5, 5.41) is 11.6. The molecule has 3 rings (SSSR count). The molecular formula is C19H27ClFN5O. The number of rotatable bonds is 7. The summed E-state index contributed by atoms with van der Waals surface area (Å²) < 4.78 is 15.2. The summed E-state index contributed by atoms with van der Waals surface area (Å²) in [7, 11) is 0. The molecule has 1 amide bonds. The summed E-state index contributed by atoms with van der Waals surface area (Å²) in [6.07, 6.45) is 5.23. The Morgan fingerprint density at radius 3 is 2.81 bits per heavy atom. The number of hydrogen-bond acceptors (Lipinski definition) is 4. The molecule has 1 fully saturated rings.